The number of likely N-dealkylation sites (N-methyl/N-ethyl adjacent to an activating group) is 1. The van der Waals surface area contributed by atoms with Crippen LogP contribution in [0.5, 0.6) is 11.5 Å². The molecule has 2 heterocycles. The van der Waals surface area contributed by atoms with Gasteiger partial charge < -0.3 is 14.4 Å². The maximum absolute atomic E-state index is 13.0. The molecular formula is C27H25N3O3. The third-order valence-electron chi connectivity index (χ3n) is 5.65. The molecule has 166 valence electrons. The standard InChI is InChI=1S/C27H25N3O3/c1-29(26(31)17-20-12-13-24-25(16-20)33-15-14-32-24)18-22-19-30(23-10-6-3-7-11-23)28-27(22)21-8-4-2-5-9-21/h2-13,16,19H,14-15,17-18H2,1H3. The van der Waals surface area contributed by atoms with Gasteiger partial charge in [-0.25, -0.2) is 4.68 Å². The van der Waals surface area contributed by atoms with E-state index in [0.717, 1.165) is 33.8 Å². The molecule has 0 aliphatic carbocycles. The van der Waals surface area contributed by atoms with Crippen molar-refractivity contribution in [1.29, 1.82) is 0 Å². The predicted octanol–water partition coefficient (Wildman–Crippen LogP) is 4.51. The van der Waals surface area contributed by atoms with Gasteiger partial charge in [-0.05, 0) is 29.8 Å². The summed E-state index contributed by atoms with van der Waals surface area (Å²) >= 11 is 0. The first-order valence-corrected chi connectivity index (χ1v) is 11.0. The van der Waals surface area contributed by atoms with E-state index in [4.69, 9.17) is 14.6 Å². The molecule has 3 aromatic carbocycles. The first-order valence-electron chi connectivity index (χ1n) is 11.0. The molecule has 1 aromatic heterocycles. The van der Waals surface area contributed by atoms with Crippen LogP contribution in [-0.4, -0.2) is 40.8 Å². The fourth-order valence-corrected chi connectivity index (χ4v) is 3.93. The van der Waals surface area contributed by atoms with Crippen LogP contribution in [0.3, 0.4) is 0 Å². The molecule has 1 aliphatic heterocycles. The lowest BCUT2D eigenvalue weighted by Gasteiger charge is -2.20. The second-order valence-electron chi connectivity index (χ2n) is 8.05. The molecule has 4 aromatic rings. The monoisotopic (exact) mass is 439 g/mol. The van der Waals surface area contributed by atoms with E-state index < -0.39 is 0 Å². The van der Waals surface area contributed by atoms with Crippen LogP contribution in [0.4, 0.5) is 0 Å². The Kier molecular flexibility index (Phi) is 5.81. The Bertz CT molecular complexity index is 1250. The van der Waals surface area contributed by atoms with Crippen molar-refractivity contribution >= 4 is 5.91 Å². The van der Waals surface area contributed by atoms with Crippen molar-refractivity contribution in [3.05, 3.63) is 96.2 Å². The lowest BCUT2D eigenvalue weighted by molar-refractivity contribution is -0.129. The number of para-hydroxylation sites is 1. The highest BCUT2D eigenvalue weighted by atomic mass is 16.6. The number of carbonyl (C=O) groups excluding carboxylic acids is 1. The number of ether oxygens (including phenoxy) is 2. The maximum atomic E-state index is 13.0. The molecule has 0 saturated heterocycles. The summed E-state index contributed by atoms with van der Waals surface area (Å²) < 4.78 is 13.1. The predicted molar refractivity (Wildman–Crippen MR) is 127 cm³/mol. The second-order valence-corrected chi connectivity index (χ2v) is 8.05. The lowest BCUT2D eigenvalue weighted by atomic mass is 10.1. The molecule has 33 heavy (non-hydrogen) atoms. The number of amides is 1. The third-order valence-corrected chi connectivity index (χ3v) is 5.65. The molecular weight excluding hydrogens is 414 g/mol. The van der Waals surface area contributed by atoms with Crippen LogP contribution < -0.4 is 9.47 Å². The van der Waals surface area contributed by atoms with Gasteiger partial charge in [0.1, 0.15) is 13.2 Å². The minimum Gasteiger partial charge on any atom is -0.486 e. The summed E-state index contributed by atoms with van der Waals surface area (Å²) in [6.07, 6.45) is 2.30. The zero-order valence-corrected chi connectivity index (χ0v) is 18.5. The van der Waals surface area contributed by atoms with Gasteiger partial charge in [0.2, 0.25) is 5.91 Å². The van der Waals surface area contributed by atoms with Crippen LogP contribution in [0.15, 0.2) is 85.1 Å². The van der Waals surface area contributed by atoms with Crippen LogP contribution in [0.2, 0.25) is 0 Å². The summed E-state index contributed by atoms with van der Waals surface area (Å²) in [5, 5.41) is 4.84. The van der Waals surface area contributed by atoms with Crippen LogP contribution in [0.1, 0.15) is 11.1 Å². The van der Waals surface area contributed by atoms with Gasteiger partial charge in [-0.1, -0.05) is 54.6 Å². The van der Waals surface area contributed by atoms with Crippen molar-refractivity contribution in [3.8, 4) is 28.4 Å². The van der Waals surface area contributed by atoms with E-state index in [0.29, 0.717) is 31.9 Å². The summed E-state index contributed by atoms with van der Waals surface area (Å²) in [7, 11) is 1.83. The molecule has 0 radical (unpaired) electrons. The van der Waals surface area contributed by atoms with Crippen molar-refractivity contribution in [3.63, 3.8) is 0 Å². The number of benzene rings is 3. The van der Waals surface area contributed by atoms with Crippen molar-refractivity contribution in [2.75, 3.05) is 20.3 Å². The quantitative estimate of drug-likeness (QED) is 0.444. The molecule has 5 rings (SSSR count). The lowest BCUT2D eigenvalue weighted by Crippen LogP contribution is -2.28. The average Bonchev–Trinajstić information content (AvgIpc) is 3.29. The number of nitrogens with zero attached hydrogens (tertiary/aromatic N) is 3. The molecule has 0 unspecified atom stereocenters. The zero-order valence-electron chi connectivity index (χ0n) is 18.5. The van der Waals surface area contributed by atoms with Crippen LogP contribution in [0.25, 0.3) is 16.9 Å². The molecule has 1 amide bonds. The smallest absolute Gasteiger partial charge is 0.227 e. The fourth-order valence-electron chi connectivity index (χ4n) is 3.93. The first kappa shape index (κ1) is 20.8. The number of aromatic nitrogens is 2. The largest absolute Gasteiger partial charge is 0.486 e. The summed E-state index contributed by atoms with van der Waals surface area (Å²) in [5.41, 5.74) is 4.77. The number of hydrogen-bond donors (Lipinski definition) is 0. The summed E-state index contributed by atoms with van der Waals surface area (Å²) in [6, 6.07) is 25.7. The summed E-state index contributed by atoms with van der Waals surface area (Å²) in [4.78, 5) is 14.8. The first-order chi connectivity index (χ1) is 16.2. The van der Waals surface area contributed by atoms with Crippen molar-refractivity contribution in [2.24, 2.45) is 0 Å². The van der Waals surface area contributed by atoms with E-state index in [9.17, 15) is 4.79 Å². The Morgan fingerprint density at radius 3 is 2.39 bits per heavy atom. The molecule has 6 heteroatoms. The Morgan fingerprint density at radius 1 is 0.939 bits per heavy atom. The van der Waals surface area contributed by atoms with Gasteiger partial charge in [0, 0.05) is 30.9 Å². The molecule has 0 spiro atoms. The Hall–Kier alpha value is -4.06. The Balaban J connectivity index is 1.37. The minimum atomic E-state index is 0.0261. The second kappa shape index (κ2) is 9.20. The molecule has 0 N–H and O–H groups in total. The van der Waals surface area contributed by atoms with Gasteiger partial charge >= 0.3 is 0 Å². The Labute approximate surface area is 193 Å². The van der Waals surface area contributed by atoms with Gasteiger partial charge in [0.15, 0.2) is 11.5 Å². The third kappa shape index (κ3) is 4.60. The van der Waals surface area contributed by atoms with Gasteiger partial charge in [0.25, 0.3) is 0 Å². The molecule has 1 aliphatic rings. The van der Waals surface area contributed by atoms with Crippen LogP contribution >= 0.6 is 0 Å². The highest BCUT2D eigenvalue weighted by Crippen LogP contribution is 2.31. The Morgan fingerprint density at radius 2 is 1.64 bits per heavy atom. The van der Waals surface area contributed by atoms with E-state index in [1.165, 1.54) is 0 Å². The van der Waals surface area contributed by atoms with E-state index in [2.05, 4.69) is 0 Å². The normalized spacial score (nSPS) is 12.4. The van der Waals surface area contributed by atoms with Crippen LogP contribution in [-0.2, 0) is 17.8 Å². The highest BCUT2D eigenvalue weighted by molar-refractivity contribution is 5.79. The molecule has 0 bridgehead atoms. The van der Waals surface area contributed by atoms with E-state index in [1.54, 1.807) is 4.90 Å². The maximum Gasteiger partial charge on any atom is 0.227 e. The summed E-state index contributed by atoms with van der Waals surface area (Å²) in [6.45, 7) is 1.53. The SMILES string of the molecule is CN(Cc1cn(-c2ccccc2)nc1-c1ccccc1)C(=O)Cc1ccc2c(c1)OCCO2. The van der Waals surface area contributed by atoms with E-state index in [1.807, 2.05) is 96.8 Å². The van der Waals surface area contributed by atoms with E-state index in [-0.39, 0.29) is 5.91 Å². The fraction of sp³-hybridized carbons (Fsp3) is 0.185. The molecule has 0 saturated carbocycles. The van der Waals surface area contributed by atoms with Gasteiger partial charge in [0.05, 0.1) is 17.8 Å². The topological polar surface area (TPSA) is 56.6 Å². The molecule has 0 fully saturated rings. The number of fused-ring (bicyclic) bond motifs is 1. The molecule has 0 atom stereocenters. The number of rotatable bonds is 6. The minimum absolute atomic E-state index is 0.0261. The van der Waals surface area contributed by atoms with Gasteiger partial charge in [-0.2, -0.15) is 5.10 Å². The van der Waals surface area contributed by atoms with Crippen molar-refractivity contribution < 1.29 is 14.3 Å². The molecule has 6 nitrogen and oxygen atoms in total. The zero-order chi connectivity index (χ0) is 22.6. The average molecular weight is 440 g/mol. The van der Waals surface area contributed by atoms with Gasteiger partial charge in [-0.15, -0.1) is 0 Å². The van der Waals surface area contributed by atoms with Crippen molar-refractivity contribution in [1.82, 2.24) is 14.7 Å². The number of carbonyl (C=O) groups is 1. The highest BCUT2D eigenvalue weighted by Gasteiger charge is 2.18. The van der Waals surface area contributed by atoms with E-state index >= 15 is 0 Å². The van der Waals surface area contributed by atoms with Crippen molar-refractivity contribution in [2.45, 2.75) is 13.0 Å². The number of hydrogen-bond acceptors (Lipinski definition) is 4. The van der Waals surface area contributed by atoms with Crippen LogP contribution in [0, 0.1) is 0 Å². The summed E-state index contributed by atoms with van der Waals surface area (Å²) in [5.74, 6) is 1.45. The van der Waals surface area contributed by atoms with Gasteiger partial charge in [-0.3, -0.25) is 4.79 Å².